The van der Waals surface area contributed by atoms with E-state index in [2.05, 4.69) is 26.2 Å². The summed E-state index contributed by atoms with van der Waals surface area (Å²) in [7, 11) is 0. The number of carbonyl (C=O) groups is 2. The Morgan fingerprint density at radius 3 is 2.71 bits per heavy atom. The van der Waals surface area contributed by atoms with Gasteiger partial charge >= 0.3 is 6.03 Å². The van der Waals surface area contributed by atoms with Gasteiger partial charge in [-0.05, 0) is 37.8 Å². The third-order valence-electron chi connectivity index (χ3n) is 5.29. The second kappa shape index (κ2) is 8.61. The number of aromatic nitrogens is 1. The van der Waals surface area contributed by atoms with Crippen LogP contribution in [0.1, 0.15) is 25.7 Å². The Hall–Kier alpha value is -1.93. The normalized spacial score (nSPS) is 19.7. The lowest BCUT2D eigenvalue weighted by atomic mass is 9.97. The number of urea groups is 1. The monoisotopic (exact) mass is 462 g/mol. The van der Waals surface area contributed by atoms with Crippen molar-refractivity contribution in [3.05, 3.63) is 34.1 Å². The predicted octanol–water partition coefficient (Wildman–Crippen LogP) is 4.44. The Morgan fingerprint density at radius 1 is 1.14 bits per heavy atom. The third-order valence-corrected chi connectivity index (χ3v) is 6.54. The van der Waals surface area contributed by atoms with E-state index in [-0.39, 0.29) is 17.9 Å². The van der Waals surface area contributed by atoms with Crippen molar-refractivity contribution in [2.45, 2.75) is 25.7 Å². The SMILES string of the molecule is O=C(Nc1nc(-c2cccc(Br)c2)cs1)C1CCCN(C(=O)N2CCCC2)C1. The van der Waals surface area contributed by atoms with E-state index in [1.807, 2.05) is 39.4 Å². The molecule has 3 heterocycles. The quantitative estimate of drug-likeness (QED) is 0.732. The van der Waals surface area contributed by atoms with Crippen LogP contribution in [0.25, 0.3) is 11.3 Å². The summed E-state index contributed by atoms with van der Waals surface area (Å²) in [5.41, 5.74) is 1.85. The molecular weight excluding hydrogens is 440 g/mol. The van der Waals surface area contributed by atoms with E-state index in [1.165, 1.54) is 11.3 Å². The standard InChI is InChI=1S/C20H23BrN4O2S/c21-16-7-3-5-14(11-16)17-13-28-19(22-17)23-18(26)15-6-4-10-25(12-15)20(27)24-8-1-2-9-24/h3,5,7,11,13,15H,1-2,4,6,8-10,12H2,(H,22,23,26). The second-order valence-electron chi connectivity index (χ2n) is 7.30. The van der Waals surface area contributed by atoms with Gasteiger partial charge in [-0.3, -0.25) is 4.79 Å². The van der Waals surface area contributed by atoms with Gasteiger partial charge in [0.2, 0.25) is 5.91 Å². The van der Waals surface area contributed by atoms with Crippen LogP contribution >= 0.6 is 27.3 Å². The van der Waals surface area contributed by atoms with E-state index in [0.29, 0.717) is 11.7 Å². The smallest absolute Gasteiger partial charge is 0.320 e. The Labute approximate surface area is 177 Å². The van der Waals surface area contributed by atoms with Crippen LogP contribution in [-0.4, -0.2) is 52.9 Å². The lowest BCUT2D eigenvalue weighted by Gasteiger charge is -2.34. The number of amides is 3. The number of benzene rings is 1. The molecule has 8 heteroatoms. The molecule has 2 fully saturated rings. The molecule has 28 heavy (non-hydrogen) atoms. The zero-order valence-corrected chi connectivity index (χ0v) is 18.0. The van der Waals surface area contributed by atoms with Gasteiger partial charge in [-0.15, -0.1) is 11.3 Å². The molecule has 0 saturated carbocycles. The highest BCUT2D eigenvalue weighted by molar-refractivity contribution is 9.10. The summed E-state index contributed by atoms with van der Waals surface area (Å²) in [6.07, 6.45) is 3.82. The molecule has 3 amide bonds. The van der Waals surface area contributed by atoms with Gasteiger partial charge in [0.15, 0.2) is 5.13 Å². The molecule has 2 saturated heterocycles. The fourth-order valence-electron chi connectivity index (χ4n) is 3.79. The average molecular weight is 463 g/mol. The largest absolute Gasteiger partial charge is 0.325 e. The molecule has 2 aliphatic heterocycles. The number of halogens is 1. The van der Waals surface area contributed by atoms with Crippen LogP contribution in [0, 0.1) is 5.92 Å². The van der Waals surface area contributed by atoms with Crippen LogP contribution in [0.15, 0.2) is 34.1 Å². The zero-order chi connectivity index (χ0) is 19.5. The van der Waals surface area contributed by atoms with Crippen LogP contribution in [0.5, 0.6) is 0 Å². The van der Waals surface area contributed by atoms with Crippen LogP contribution in [0.4, 0.5) is 9.93 Å². The van der Waals surface area contributed by atoms with Crippen molar-refractivity contribution in [2.24, 2.45) is 5.92 Å². The average Bonchev–Trinajstić information content (AvgIpc) is 3.40. The summed E-state index contributed by atoms with van der Waals surface area (Å²) >= 11 is 4.89. The van der Waals surface area contributed by atoms with Crippen LogP contribution in [-0.2, 0) is 4.79 Å². The van der Waals surface area contributed by atoms with Crippen molar-refractivity contribution in [3.63, 3.8) is 0 Å². The fraction of sp³-hybridized carbons (Fsp3) is 0.450. The van der Waals surface area contributed by atoms with E-state index >= 15 is 0 Å². The number of nitrogens with zero attached hydrogens (tertiary/aromatic N) is 3. The summed E-state index contributed by atoms with van der Waals surface area (Å²) in [4.78, 5) is 33.7. The van der Waals surface area contributed by atoms with Crippen molar-refractivity contribution in [1.82, 2.24) is 14.8 Å². The minimum Gasteiger partial charge on any atom is -0.325 e. The molecule has 0 bridgehead atoms. The molecule has 1 N–H and O–H groups in total. The zero-order valence-electron chi connectivity index (χ0n) is 15.6. The molecule has 2 aliphatic rings. The molecule has 1 aromatic heterocycles. The van der Waals surface area contributed by atoms with E-state index in [1.54, 1.807) is 0 Å². The molecule has 1 atom stereocenters. The molecule has 2 aromatic rings. The molecule has 0 spiro atoms. The summed E-state index contributed by atoms with van der Waals surface area (Å²) in [5.74, 6) is -0.229. The predicted molar refractivity (Wildman–Crippen MR) is 114 cm³/mol. The van der Waals surface area contributed by atoms with E-state index < -0.39 is 0 Å². The van der Waals surface area contributed by atoms with E-state index in [0.717, 1.165) is 61.0 Å². The Balaban J connectivity index is 1.37. The molecule has 6 nitrogen and oxygen atoms in total. The van der Waals surface area contributed by atoms with Crippen LogP contribution in [0.2, 0.25) is 0 Å². The Morgan fingerprint density at radius 2 is 1.93 bits per heavy atom. The first-order chi connectivity index (χ1) is 13.6. The highest BCUT2D eigenvalue weighted by Crippen LogP contribution is 2.28. The minimum atomic E-state index is -0.182. The number of nitrogens with one attached hydrogen (secondary N) is 1. The Bertz CT molecular complexity index is 865. The van der Waals surface area contributed by atoms with E-state index in [9.17, 15) is 9.59 Å². The number of piperidine rings is 1. The first-order valence-corrected chi connectivity index (χ1v) is 11.3. The molecule has 1 aromatic carbocycles. The first-order valence-electron chi connectivity index (χ1n) is 9.66. The molecule has 0 radical (unpaired) electrons. The number of anilines is 1. The lowest BCUT2D eigenvalue weighted by molar-refractivity contribution is -0.121. The number of rotatable bonds is 3. The van der Waals surface area contributed by atoms with Crippen LogP contribution < -0.4 is 5.32 Å². The van der Waals surface area contributed by atoms with Gasteiger partial charge in [-0.2, -0.15) is 0 Å². The summed E-state index contributed by atoms with van der Waals surface area (Å²) < 4.78 is 0.994. The minimum absolute atomic E-state index is 0.0472. The van der Waals surface area contributed by atoms with E-state index in [4.69, 9.17) is 0 Å². The molecule has 1 unspecified atom stereocenters. The van der Waals surface area contributed by atoms with Crippen molar-refractivity contribution in [1.29, 1.82) is 0 Å². The van der Waals surface area contributed by atoms with Crippen LogP contribution in [0.3, 0.4) is 0 Å². The third kappa shape index (κ3) is 4.38. The summed E-state index contributed by atoms with van der Waals surface area (Å²) in [6, 6.07) is 8.01. The maximum absolute atomic E-state index is 12.8. The van der Waals surface area contributed by atoms with Gasteiger partial charge in [0.05, 0.1) is 11.6 Å². The maximum atomic E-state index is 12.8. The topological polar surface area (TPSA) is 65.5 Å². The van der Waals surface area contributed by atoms with Gasteiger partial charge in [-0.1, -0.05) is 28.1 Å². The number of carbonyl (C=O) groups excluding carboxylic acids is 2. The molecule has 0 aliphatic carbocycles. The summed E-state index contributed by atoms with van der Waals surface area (Å²) in [5, 5.41) is 5.50. The summed E-state index contributed by atoms with van der Waals surface area (Å²) in [6.45, 7) is 2.90. The van der Waals surface area contributed by atoms with Crippen molar-refractivity contribution in [2.75, 3.05) is 31.5 Å². The van der Waals surface area contributed by atoms with Gasteiger partial charge in [0.25, 0.3) is 0 Å². The number of likely N-dealkylation sites (tertiary alicyclic amines) is 2. The van der Waals surface area contributed by atoms with Gasteiger partial charge < -0.3 is 15.1 Å². The molecule has 4 rings (SSSR count). The Kier molecular flexibility index (Phi) is 5.96. The van der Waals surface area contributed by atoms with Gasteiger partial charge in [0.1, 0.15) is 0 Å². The fourth-order valence-corrected chi connectivity index (χ4v) is 4.91. The molecule has 148 valence electrons. The number of hydrogen-bond acceptors (Lipinski definition) is 4. The van der Waals surface area contributed by atoms with Gasteiger partial charge in [-0.25, -0.2) is 9.78 Å². The number of thiazole rings is 1. The van der Waals surface area contributed by atoms with Crippen molar-refractivity contribution < 1.29 is 9.59 Å². The van der Waals surface area contributed by atoms with Gasteiger partial charge in [0, 0.05) is 41.6 Å². The highest BCUT2D eigenvalue weighted by Gasteiger charge is 2.31. The lowest BCUT2D eigenvalue weighted by Crippen LogP contribution is -2.48. The van der Waals surface area contributed by atoms with Crippen molar-refractivity contribution >= 4 is 44.3 Å². The number of hydrogen-bond donors (Lipinski definition) is 1. The maximum Gasteiger partial charge on any atom is 0.320 e. The van der Waals surface area contributed by atoms with Crippen molar-refractivity contribution in [3.8, 4) is 11.3 Å². The highest BCUT2D eigenvalue weighted by atomic mass is 79.9. The molecular formula is C20H23BrN4O2S. The second-order valence-corrected chi connectivity index (χ2v) is 9.07. The first kappa shape index (κ1) is 19.4.